The number of fused-ring (bicyclic) bond motifs is 4. The molecule has 1 aliphatic carbocycles. The first-order valence-electron chi connectivity index (χ1n) is 5.66. The normalized spacial score (nSPS) is 24.9. The van der Waals surface area contributed by atoms with Crippen LogP contribution in [0.4, 0.5) is 0 Å². The quantitative estimate of drug-likeness (QED) is 0.705. The SMILES string of the molecule is CC1(C)C2=NC=CC(C2)c2cc(O)ccc21. The molecule has 1 aromatic carbocycles. The first-order valence-corrected chi connectivity index (χ1v) is 5.66. The molecule has 0 fully saturated rings. The molecule has 2 aliphatic rings. The lowest BCUT2D eigenvalue weighted by molar-refractivity contribution is 0.472. The van der Waals surface area contributed by atoms with Crippen LogP contribution in [0.2, 0.25) is 0 Å². The Labute approximate surface area is 95.3 Å². The van der Waals surface area contributed by atoms with E-state index in [1.807, 2.05) is 18.3 Å². The minimum Gasteiger partial charge on any atom is -0.508 e. The van der Waals surface area contributed by atoms with Gasteiger partial charge in [0.2, 0.25) is 0 Å². The van der Waals surface area contributed by atoms with Gasteiger partial charge >= 0.3 is 0 Å². The highest BCUT2D eigenvalue weighted by Crippen LogP contribution is 2.44. The largest absolute Gasteiger partial charge is 0.508 e. The highest BCUT2D eigenvalue weighted by atomic mass is 16.3. The molecule has 0 radical (unpaired) electrons. The summed E-state index contributed by atoms with van der Waals surface area (Å²) in [6.45, 7) is 4.41. The number of rotatable bonds is 0. The molecule has 3 rings (SSSR count). The van der Waals surface area contributed by atoms with Gasteiger partial charge in [0, 0.05) is 23.2 Å². The van der Waals surface area contributed by atoms with Gasteiger partial charge in [0.1, 0.15) is 5.75 Å². The van der Waals surface area contributed by atoms with Gasteiger partial charge in [0.05, 0.1) is 0 Å². The minimum atomic E-state index is -0.00963. The Morgan fingerprint density at radius 1 is 1.38 bits per heavy atom. The molecule has 1 aliphatic heterocycles. The Kier molecular flexibility index (Phi) is 1.79. The lowest BCUT2D eigenvalue weighted by Crippen LogP contribution is -2.36. The minimum absolute atomic E-state index is 0.00963. The Bertz CT molecular complexity index is 511. The maximum atomic E-state index is 9.60. The van der Waals surface area contributed by atoms with Crippen LogP contribution in [0.25, 0.3) is 0 Å². The molecule has 16 heavy (non-hydrogen) atoms. The molecular weight excluding hydrogens is 198 g/mol. The number of hydrogen-bond acceptors (Lipinski definition) is 2. The van der Waals surface area contributed by atoms with Crippen LogP contribution >= 0.6 is 0 Å². The summed E-state index contributed by atoms with van der Waals surface area (Å²) in [4.78, 5) is 4.50. The first-order chi connectivity index (χ1) is 7.59. The van der Waals surface area contributed by atoms with Crippen LogP contribution in [0.5, 0.6) is 5.75 Å². The molecular formula is C14H15NO. The average molecular weight is 213 g/mol. The Morgan fingerprint density at radius 3 is 3.00 bits per heavy atom. The Hall–Kier alpha value is -1.57. The summed E-state index contributed by atoms with van der Waals surface area (Å²) in [5, 5.41) is 9.60. The molecule has 1 aromatic rings. The number of allylic oxidation sites excluding steroid dienone is 1. The molecule has 1 unspecified atom stereocenters. The number of phenolic OH excluding ortho intramolecular Hbond substituents is 1. The molecule has 0 saturated carbocycles. The zero-order valence-electron chi connectivity index (χ0n) is 9.57. The van der Waals surface area contributed by atoms with Crippen LogP contribution in [-0.4, -0.2) is 10.8 Å². The molecule has 1 N–H and O–H groups in total. The predicted octanol–water partition coefficient (Wildman–Crippen LogP) is 3.13. The number of phenols is 1. The van der Waals surface area contributed by atoms with Gasteiger partial charge in [-0.3, -0.25) is 4.99 Å². The molecule has 0 aromatic heterocycles. The second kappa shape index (κ2) is 2.97. The molecule has 82 valence electrons. The summed E-state index contributed by atoms with van der Waals surface area (Å²) in [5.74, 6) is 0.747. The third kappa shape index (κ3) is 1.16. The van der Waals surface area contributed by atoms with Gasteiger partial charge in [0.15, 0.2) is 0 Å². The van der Waals surface area contributed by atoms with Crippen molar-refractivity contribution in [1.82, 2.24) is 0 Å². The van der Waals surface area contributed by atoms with Crippen molar-refractivity contribution < 1.29 is 5.11 Å². The highest BCUT2D eigenvalue weighted by Gasteiger charge is 2.38. The van der Waals surface area contributed by atoms with Crippen molar-refractivity contribution in [2.24, 2.45) is 4.99 Å². The van der Waals surface area contributed by atoms with E-state index in [9.17, 15) is 5.11 Å². The van der Waals surface area contributed by atoms with Crippen molar-refractivity contribution in [3.63, 3.8) is 0 Å². The fourth-order valence-corrected chi connectivity index (χ4v) is 2.78. The van der Waals surface area contributed by atoms with E-state index in [0.29, 0.717) is 11.7 Å². The number of hydrogen-bond donors (Lipinski definition) is 1. The summed E-state index contributed by atoms with van der Waals surface area (Å²) in [6.07, 6.45) is 5.01. The molecule has 0 saturated heterocycles. The van der Waals surface area contributed by atoms with Crippen LogP contribution < -0.4 is 0 Å². The van der Waals surface area contributed by atoms with E-state index in [2.05, 4.69) is 24.9 Å². The van der Waals surface area contributed by atoms with E-state index in [4.69, 9.17) is 0 Å². The van der Waals surface area contributed by atoms with E-state index < -0.39 is 0 Å². The standard InChI is InChI=1S/C14H15NO/c1-14(2)12-4-3-10(16)8-11(12)9-5-6-15-13(14)7-9/h3-6,8-9,16H,7H2,1-2H3. The van der Waals surface area contributed by atoms with Gasteiger partial charge in [0.25, 0.3) is 0 Å². The van der Waals surface area contributed by atoms with E-state index in [1.165, 1.54) is 16.8 Å². The Balaban J connectivity index is 2.29. The topological polar surface area (TPSA) is 32.6 Å². The zero-order valence-corrected chi connectivity index (χ0v) is 9.57. The van der Waals surface area contributed by atoms with Crippen molar-refractivity contribution in [3.05, 3.63) is 41.6 Å². The summed E-state index contributed by atoms with van der Waals surface area (Å²) < 4.78 is 0. The number of nitrogens with zero attached hydrogens (tertiary/aromatic N) is 1. The van der Waals surface area contributed by atoms with Gasteiger partial charge in [-0.1, -0.05) is 26.0 Å². The van der Waals surface area contributed by atoms with Crippen LogP contribution in [0.1, 0.15) is 37.3 Å². The lowest BCUT2D eigenvalue weighted by atomic mass is 9.66. The fourth-order valence-electron chi connectivity index (χ4n) is 2.78. The fraction of sp³-hybridized carbons (Fsp3) is 0.357. The zero-order chi connectivity index (χ0) is 11.3. The van der Waals surface area contributed by atoms with Gasteiger partial charge in [-0.25, -0.2) is 0 Å². The maximum Gasteiger partial charge on any atom is 0.115 e. The smallest absolute Gasteiger partial charge is 0.115 e. The lowest BCUT2D eigenvalue weighted by Gasteiger charge is -2.39. The Morgan fingerprint density at radius 2 is 2.19 bits per heavy atom. The van der Waals surface area contributed by atoms with Crippen molar-refractivity contribution in [2.75, 3.05) is 0 Å². The van der Waals surface area contributed by atoms with Crippen LogP contribution in [0.15, 0.2) is 35.5 Å². The summed E-state index contributed by atoms with van der Waals surface area (Å²) >= 11 is 0. The second-order valence-electron chi connectivity index (χ2n) is 5.12. The molecule has 1 atom stereocenters. The molecule has 0 spiro atoms. The van der Waals surface area contributed by atoms with E-state index >= 15 is 0 Å². The predicted molar refractivity (Wildman–Crippen MR) is 65.1 cm³/mol. The summed E-state index contributed by atoms with van der Waals surface area (Å²) in [7, 11) is 0. The molecule has 2 heteroatoms. The van der Waals surface area contributed by atoms with Gasteiger partial charge in [-0.05, 0) is 29.7 Å². The second-order valence-corrected chi connectivity index (χ2v) is 5.12. The van der Waals surface area contributed by atoms with E-state index in [1.54, 1.807) is 6.07 Å². The molecule has 0 amide bonds. The van der Waals surface area contributed by atoms with Crippen molar-refractivity contribution in [3.8, 4) is 5.75 Å². The van der Waals surface area contributed by atoms with Gasteiger partial charge < -0.3 is 5.11 Å². The number of benzene rings is 1. The van der Waals surface area contributed by atoms with Crippen molar-refractivity contribution in [2.45, 2.75) is 31.6 Å². The number of aromatic hydroxyl groups is 1. The van der Waals surface area contributed by atoms with E-state index in [-0.39, 0.29) is 5.41 Å². The third-order valence-electron chi connectivity index (χ3n) is 3.79. The van der Waals surface area contributed by atoms with Gasteiger partial charge in [-0.15, -0.1) is 0 Å². The highest BCUT2D eigenvalue weighted by molar-refractivity contribution is 5.98. The average Bonchev–Trinajstić information content (AvgIpc) is 2.27. The number of aliphatic imine (C=N–C) groups is 1. The van der Waals surface area contributed by atoms with Gasteiger partial charge in [-0.2, -0.15) is 0 Å². The molecule has 2 nitrogen and oxygen atoms in total. The van der Waals surface area contributed by atoms with Crippen molar-refractivity contribution in [1.29, 1.82) is 0 Å². The first kappa shape index (κ1) is 9.64. The van der Waals surface area contributed by atoms with Crippen LogP contribution in [0.3, 0.4) is 0 Å². The maximum absolute atomic E-state index is 9.60. The van der Waals surface area contributed by atoms with Crippen molar-refractivity contribution >= 4 is 5.71 Å². The van der Waals surface area contributed by atoms with Crippen LogP contribution in [-0.2, 0) is 5.41 Å². The third-order valence-corrected chi connectivity index (χ3v) is 3.79. The molecule has 2 bridgehead atoms. The summed E-state index contributed by atoms with van der Waals surface area (Å²) in [6, 6.07) is 5.70. The monoisotopic (exact) mass is 213 g/mol. The molecule has 1 heterocycles. The van der Waals surface area contributed by atoms with Crippen LogP contribution in [0, 0.1) is 0 Å². The summed E-state index contributed by atoms with van der Waals surface area (Å²) in [5.41, 5.74) is 3.78. The van der Waals surface area contributed by atoms with E-state index in [0.717, 1.165) is 6.42 Å².